The van der Waals surface area contributed by atoms with Crippen molar-refractivity contribution in [2.45, 2.75) is 39.5 Å². The quantitative estimate of drug-likeness (QED) is 0.489. The van der Waals surface area contributed by atoms with Gasteiger partial charge >= 0.3 is 0 Å². The first-order valence-electron chi connectivity index (χ1n) is 5.06. The zero-order valence-electron chi connectivity index (χ0n) is 8.85. The molecule has 0 fully saturated rings. The maximum Gasteiger partial charge on any atom is 0.0908 e. The van der Waals surface area contributed by atoms with Crippen LogP contribution in [0.25, 0.3) is 0 Å². The van der Waals surface area contributed by atoms with Crippen molar-refractivity contribution < 1.29 is 0 Å². The van der Waals surface area contributed by atoms with Gasteiger partial charge in [-0.25, -0.2) is 0 Å². The predicted octanol–water partition coefficient (Wildman–Crippen LogP) is 1.40. The topological polar surface area (TPSA) is 78.5 Å². The van der Waals surface area contributed by atoms with Gasteiger partial charge in [-0.1, -0.05) is 13.8 Å². The van der Waals surface area contributed by atoms with E-state index in [1.807, 2.05) is 0 Å². The smallest absolute Gasteiger partial charge is 0.0908 e. The summed E-state index contributed by atoms with van der Waals surface area (Å²) in [6.07, 6.45) is 3.35. The number of amidine groups is 1. The van der Waals surface area contributed by atoms with Crippen LogP contribution in [0.15, 0.2) is 0 Å². The van der Waals surface area contributed by atoms with Gasteiger partial charge < -0.3 is 5.73 Å². The summed E-state index contributed by atoms with van der Waals surface area (Å²) in [5.41, 5.74) is 8.90. The fourth-order valence-electron chi connectivity index (χ4n) is 1.58. The van der Waals surface area contributed by atoms with E-state index in [2.05, 4.69) is 24.0 Å². The van der Waals surface area contributed by atoms with Crippen molar-refractivity contribution in [1.29, 1.82) is 5.41 Å². The van der Waals surface area contributed by atoms with Crippen molar-refractivity contribution >= 4 is 5.84 Å². The highest BCUT2D eigenvalue weighted by atomic mass is 15.1. The zero-order chi connectivity index (χ0) is 10.6. The van der Waals surface area contributed by atoms with Crippen LogP contribution in [-0.4, -0.2) is 16.0 Å². The number of nitrogens with zero attached hydrogens (tertiary/aromatic N) is 1. The molecule has 4 N–H and O–H groups in total. The third-order valence-electron chi connectivity index (χ3n) is 2.37. The van der Waals surface area contributed by atoms with Crippen molar-refractivity contribution in [1.82, 2.24) is 10.2 Å². The van der Waals surface area contributed by atoms with E-state index >= 15 is 0 Å². The number of H-pyrrole nitrogens is 1. The first-order valence-corrected chi connectivity index (χ1v) is 5.06. The lowest BCUT2D eigenvalue weighted by molar-refractivity contribution is 0.936. The molecule has 0 bridgehead atoms. The van der Waals surface area contributed by atoms with Crippen LogP contribution >= 0.6 is 0 Å². The van der Waals surface area contributed by atoms with Crippen LogP contribution in [0.2, 0.25) is 0 Å². The molecule has 78 valence electrons. The Balaban J connectivity index is 2.80. The van der Waals surface area contributed by atoms with Gasteiger partial charge in [-0.3, -0.25) is 10.5 Å². The number of aryl methyl sites for hydroxylation is 2. The van der Waals surface area contributed by atoms with Crippen LogP contribution in [0, 0.1) is 5.41 Å². The Labute approximate surface area is 84.4 Å². The minimum atomic E-state index is 0.246. The number of nitrogens with two attached hydrogens (primary N) is 1. The largest absolute Gasteiger partial charge is 0.388 e. The first-order chi connectivity index (χ1) is 6.69. The molecule has 0 aromatic carbocycles. The number of aromatic amines is 1. The molecule has 4 heteroatoms. The summed E-state index contributed by atoms with van der Waals surface area (Å²) in [5, 5.41) is 14.5. The summed E-state index contributed by atoms with van der Waals surface area (Å²) in [7, 11) is 0. The molecule has 0 spiro atoms. The van der Waals surface area contributed by atoms with Crippen molar-refractivity contribution in [2.24, 2.45) is 5.73 Å². The van der Waals surface area contributed by atoms with Gasteiger partial charge in [0.15, 0.2) is 0 Å². The van der Waals surface area contributed by atoms with E-state index in [1.165, 1.54) is 11.3 Å². The van der Waals surface area contributed by atoms with Crippen molar-refractivity contribution in [2.75, 3.05) is 0 Å². The van der Waals surface area contributed by atoms with E-state index in [0.29, 0.717) is 6.42 Å². The van der Waals surface area contributed by atoms with Gasteiger partial charge in [-0.15, -0.1) is 0 Å². The minimum Gasteiger partial charge on any atom is -0.388 e. The van der Waals surface area contributed by atoms with Gasteiger partial charge in [0.25, 0.3) is 0 Å². The Morgan fingerprint density at radius 2 is 2.14 bits per heavy atom. The van der Waals surface area contributed by atoms with E-state index in [4.69, 9.17) is 11.1 Å². The minimum absolute atomic E-state index is 0.246. The molecule has 0 amide bonds. The molecule has 0 saturated carbocycles. The summed E-state index contributed by atoms with van der Waals surface area (Å²) in [5.74, 6) is 0.246. The normalized spacial score (nSPS) is 10.4. The Bertz CT molecular complexity index is 292. The van der Waals surface area contributed by atoms with Gasteiger partial charge in [-0.2, -0.15) is 5.10 Å². The molecule has 14 heavy (non-hydrogen) atoms. The van der Waals surface area contributed by atoms with Gasteiger partial charge in [0, 0.05) is 12.1 Å². The summed E-state index contributed by atoms with van der Waals surface area (Å²) in [6.45, 7) is 4.19. The lowest BCUT2D eigenvalue weighted by Crippen LogP contribution is -2.11. The first kappa shape index (κ1) is 10.8. The van der Waals surface area contributed by atoms with Gasteiger partial charge in [-0.05, 0) is 24.8 Å². The average molecular weight is 194 g/mol. The number of aromatic nitrogens is 2. The third kappa shape index (κ3) is 2.34. The van der Waals surface area contributed by atoms with E-state index in [0.717, 1.165) is 25.0 Å². The Morgan fingerprint density at radius 1 is 1.43 bits per heavy atom. The SMILES string of the molecule is CCc1n[nH]c(CC)c1CCC(=N)N. The van der Waals surface area contributed by atoms with Gasteiger partial charge in [0.1, 0.15) is 0 Å². The van der Waals surface area contributed by atoms with Crippen LogP contribution in [-0.2, 0) is 19.3 Å². The van der Waals surface area contributed by atoms with Crippen LogP contribution in [0.5, 0.6) is 0 Å². The molecule has 0 aliphatic heterocycles. The molecule has 1 aromatic rings. The molecule has 0 aliphatic rings. The monoisotopic (exact) mass is 194 g/mol. The molecule has 1 aromatic heterocycles. The lowest BCUT2D eigenvalue weighted by atomic mass is 10.0. The van der Waals surface area contributed by atoms with E-state index in [1.54, 1.807) is 0 Å². The summed E-state index contributed by atoms with van der Waals surface area (Å²) in [4.78, 5) is 0. The van der Waals surface area contributed by atoms with Gasteiger partial charge in [0.2, 0.25) is 0 Å². The molecule has 0 radical (unpaired) electrons. The Kier molecular flexibility index (Phi) is 3.68. The second-order valence-electron chi connectivity index (χ2n) is 3.36. The van der Waals surface area contributed by atoms with Crippen molar-refractivity contribution in [3.8, 4) is 0 Å². The van der Waals surface area contributed by atoms with Crippen molar-refractivity contribution in [3.63, 3.8) is 0 Å². The molecule has 0 aliphatic carbocycles. The van der Waals surface area contributed by atoms with Gasteiger partial charge in [0.05, 0.1) is 11.5 Å². The highest BCUT2D eigenvalue weighted by Crippen LogP contribution is 2.14. The van der Waals surface area contributed by atoms with Crippen molar-refractivity contribution in [3.05, 3.63) is 17.0 Å². The highest BCUT2D eigenvalue weighted by molar-refractivity contribution is 5.77. The fourth-order valence-corrected chi connectivity index (χ4v) is 1.58. The average Bonchev–Trinajstić information content (AvgIpc) is 2.56. The third-order valence-corrected chi connectivity index (χ3v) is 2.37. The molecule has 0 atom stereocenters. The Morgan fingerprint density at radius 3 is 2.64 bits per heavy atom. The van der Waals surface area contributed by atoms with E-state index in [-0.39, 0.29) is 5.84 Å². The molecule has 4 nitrogen and oxygen atoms in total. The second kappa shape index (κ2) is 4.79. The number of hydrogen-bond acceptors (Lipinski definition) is 2. The van der Waals surface area contributed by atoms with Crippen LogP contribution in [0.3, 0.4) is 0 Å². The second-order valence-corrected chi connectivity index (χ2v) is 3.36. The van der Waals surface area contributed by atoms with E-state index in [9.17, 15) is 0 Å². The maximum atomic E-state index is 7.20. The number of hydrogen-bond donors (Lipinski definition) is 3. The lowest BCUT2D eigenvalue weighted by Gasteiger charge is -2.02. The predicted molar refractivity (Wildman–Crippen MR) is 57.6 cm³/mol. The van der Waals surface area contributed by atoms with Crippen LogP contribution in [0.1, 0.15) is 37.2 Å². The molecular weight excluding hydrogens is 176 g/mol. The summed E-state index contributed by atoms with van der Waals surface area (Å²) < 4.78 is 0. The van der Waals surface area contributed by atoms with Crippen LogP contribution < -0.4 is 5.73 Å². The Hall–Kier alpha value is -1.32. The van der Waals surface area contributed by atoms with E-state index < -0.39 is 0 Å². The molecular formula is C10H18N4. The number of nitrogens with one attached hydrogen (secondary N) is 2. The van der Waals surface area contributed by atoms with Crippen LogP contribution in [0.4, 0.5) is 0 Å². The maximum absolute atomic E-state index is 7.20. The summed E-state index contributed by atoms with van der Waals surface area (Å²) >= 11 is 0. The zero-order valence-corrected chi connectivity index (χ0v) is 8.85. The molecule has 0 unspecified atom stereocenters. The molecule has 1 heterocycles. The molecule has 1 rings (SSSR count). The fraction of sp³-hybridized carbons (Fsp3) is 0.600. The highest BCUT2D eigenvalue weighted by Gasteiger charge is 2.10. The number of rotatable bonds is 5. The standard InChI is InChI=1S/C10H18N4/c1-3-8-7(5-6-10(11)12)9(4-2)14-13-8/h3-6H2,1-2H3,(H3,11,12)(H,13,14). The summed E-state index contributed by atoms with van der Waals surface area (Å²) in [6, 6.07) is 0. The molecule has 0 saturated heterocycles.